The third kappa shape index (κ3) is 2.99. The largest absolute Gasteiger partial charge is 0.398 e. The molecule has 1 atom stereocenters. The minimum atomic E-state index is -1.76. The van der Waals surface area contributed by atoms with Gasteiger partial charge in [0.05, 0.1) is 6.07 Å². The molecule has 0 amide bonds. The number of imidazole rings is 1. The number of rotatable bonds is 3. The Hall–Kier alpha value is -1.16. The summed E-state index contributed by atoms with van der Waals surface area (Å²) in [6, 6.07) is 6.01. The van der Waals surface area contributed by atoms with Crippen LogP contribution in [0.1, 0.15) is 11.8 Å². The van der Waals surface area contributed by atoms with E-state index in [1.54, 1.807) is 0 Å². The normalized spacial score (nSPS) is 13.5. The minimum Gasteiger partial charge on any atom is -0.398 e. The molecule has 0 saturated heterocycles. The first kappa shape index (κ1) is 13.3. The van der Waals surface area contributed by atoms with Crippen molar-refractivity contribution in [3.05, 3.63) is 34.7 Å². The zero-order valence-electron chi connectivity index (χ0n) is 10.5. The lowest BCUT2D eigenvalue weighted by molar-refractivity contribution is 0.251. The number of aromatic nitrogens is 2. The van der Waals surface area contributed by atoms with Gasteiger partial charge in [-0.15, -0.1) is 0 Å². The summed E-state index contributed by atoms with van der Waals surface area (Å²) in [5, 5.41) is 9.21. The number of pyridine rings is 1. The zero-order chi connectivity index (χ0) is 13.3. The Labute approximate surface area is 115 Å². The third-order valence-electron chi connectivity index (χ3n) is 2.30. The van der Waals surface area contributed by atoms with Crippen molar-refractivity contribution in [1.82, 2.24) is 9.38 Å². The molecule has 6 heteroatoms. The highest BCUT2D eigenvalue weighted by atomic mass is 79.9. The fourth-order valence-corrected chi connectivity index (χ4v) is 2.81. The molecule has 0 spiro atoms. The van der Waals surface area contributed by atoms with Gasteiger partial charge in [0.15, 0.2) is 14.4 Å². The van der Waals surface area contributed by atoms with Crippen LogP contribution in [0.5, 0.6) is 0 Å². The van der Waals surface area contributed by atoms with E-state index >= 15 is 0 Å². The van der Waals surface area contributed by atoms with Gasteiger partial charge in [-0.2, -0.15) is 5.26 Å². The second-order valence-electron chi connectivity index (χ2n) is 5.02. The Kier molecular flexibility index (Phi) is 3.57. The maximum Gasteiger partial charge on any atom is 0.186 e. The Balaban J connectivity index is 2.38. The molecule has 1 unspecified atom stereocenters. The van der Waals surface area contributed by atoms with Gasteiger partial charge in [-0.05, 0) is 31.8 Å². The second-order valence-corrected chi connectivity index (χ2v) is 10.4. The van der Waals surface area contributed by atoms with E-state index in [0.717, 1.165) is 10.1 Å². The summed E-state index contributed by atoms with van der Waals surface area (Å²) in [6.45, 7) is 6.18. The molecule has 0 N–H and O–H groups in total. The number of nitriles is 1. The van der Waals surface area contributed by atoms with Crippen molar-refractivity contribution in [2.45, 2.75) is 25.7 Å². The van der Waals surface area contributed by atoms with Crippen LogP contribution in [-0.4, -0.2) is 17.7 Å². The molecule has 0 aliphatic rings. The van der Waals surface area contributed by atoms with E-state index in [2.05, 4.69) is 46.6 Å². The molecule has 2 rings (SSSR count). The maximum atomic E-state index is 9.21. The van der Waals surface area contributed by atoms with Gasteiger partial charge in [0.2, 0.25) is 0 Å². The molecule has 2 heterocycles. The molecule has 2 aromatic heterocycles. The van der Waals surface area contributed by atoms with Crippen molar-refractivity contribution in [3.63, 3.8) is 0 Å². The van der Waals surface area contributed by atoms with Crippen LogP contribution in [0.2, 0.25) is 19.6 Å². The van der Waals surface area contributed by atoms with Crippen molar-refractivity contribution in [2.75, 3.05) is 0 Å². The Morgan fingerprint density at radius 3 is 2.83 bits per heavy atom. The van der Waals surface area contributed by atoms with Crippen molar-refractivity contribution >= 4 is 29.9 Å². The summed E-state index contributed by atoms with van der Waals surface area (Å²) in [5.74, 6) is 0. The molecule has 94 valence electrons. The van der Waals surface area contributed by atoms with Crippen LogP contribution >= 0.6 is 15.9 Å². The molecule has 0 aliphatic carbocycles. The summed E-state index contributed by atoms with van der Waals surface area (Å²) < 4.78 is 8.67. The number of hydrogen-bond donors (Lipinski definition) is 0. The lowest BCUT2D eigenvalue weighted by Gasteiger charge is -2.20. The number of hydrogen-bond acceptors (Lipinski definition) is 3. The van der Waals surface area contributed by atoms with Gasteiger partial charge in [0.1, 0.15) is 11.3 Å². The smallest absolute Gasteiger partial charge is 0.186 e. The predicted octanol–water partition coefficient (Wildman–Crippen LogP) is 3.51. The molecule has 0 radical (unpaired) electrons. The van der Waals surface area contributed by atoms with E-state index in [1.165, 1.54) is 0 Å². The highest BCUT2D eigenvalue weighted by Gasteiger charge is 2.24. The second kappa shape index (κ2) is 4.84. The average molecular weight is 324 g/mol. The fourth-order valence-electron chi connectivity index (χ4n) is 1.61. The van der Waals surface area contributed by atoms with Crippen molar-refractivity contribution in [2.24, 2.45) is 0 Å². The van der Waals surface area contributed by atoms with Crippen molar-refractivity contribution in [1.29, 1.82) is 5.26 Å². The Morgan fingerprint density at radius 2 is 2.22 bits per heavy atom. The molecule has 0 aliphatic heterocycles. The standard InChI is InChI=1S/C12H14BrN3OSi/c1-18(2,3)17-11(7-14)10-8-16-5-4-9(13)6-12(16)15-10/h4-6,8,11H,1-3H3. The van der Waals surface area contributed by atoms with Gasteiger partial charge in [-0.1, -0.05) is 15.9 Å². The molecular weight excluding hydrogens is 310 g/mol. The summed E-state index contributed by atoms with van der Waals surface area (Å²) in [7, 11) is -1.76. The summed E-state index contributed by atoms with van der Waals surface area (Å²) in [4.78, 5) is 4.44. The highest BCUT2D eigenvalue weighted by Crippen LogP contribution is 2.22. The summed E-state index contributed by atoms with van der Waals surface area (Å²) in [5.41, 5.74) is 1.47. The van der Waals surface area contributed by atoms with E-state index in [1.807, 2.05) is 28.9 Å². The quantitative estimate of drug-likeness (QED) is 0.812. The average Bonchev–Trinajstić information content (AvgIpc) is 2.67. The van der Waals surface area contributed by atoms with E-state index in [9.17, 15) is 5.26 Å². The summed E-state index contributed by atoms with van der Waals surface area (Å²) in [6.07, 6.45) is 3.16. The van der Waals surface area contributed by atoms with Crippen molar-refractivity contribution < 1.29 is 4.43 Å². The maximum absolute atomic E-state index is 9.21. The molecule has 0 fully saturated rings. The monoisotopic (exact) mass is 323 g/mol. The van der Waals surface area contributed by atoms with E-state index in [4.69, 9.17) is 4.43 Å². The van der Waals surface area contributed by atoms with Crippen molar-refractivity contribution in [3.8, 4) is 6.07 Å². The molecule has 0 bridgehead atoms. The predicted molar refractivity (Wildman–Crippen MR) is 75.7 cm³/mol. The first-order chi connectivity index (χ1) is 8.39. The van der Waals surface area contributed by atoms with Gasteiger partial charge >= 0.3 is 0 Å². The van der Waals surface area contributed by atoms with Gasteiger partial charge in [-0.25, -0.2) is 4.98 Å². The van der Waals surface area contributed by atoms with Crippen LogP contribution in [0.3, 0.4) is 0 Å². The number of nitrogens with zero attached hydrogens (tertiary/aromatic N) is 3. The molecule has 18 heavy (non-hydrogen) atoms. The Bertz CT molecular complexity index is 612. The van der Waals surface area contributed by atoms with Gasteiger partial charge in [0.25, 0.3) is 0 Å². The first-order valence-corrected chi connectivity index (χ1v) is 9.81. The SMILES string of the molecule is C[Si](C)(C)OC(C#N)c1cn2ccc(Br)cc2n1. The van der Waals surface area contributed by atoms with Crippen LogP contribution in [0.25, 0.3) is 5.65 Å². The van der Waals surface area contributed by atoms with E-state index in [0.29, 0.717) is 5.69 Å². The highest BCUT2D eigenvalue weighted by molar-refractivity contribution is 9.10. The molecule has 0 saturated carbocycles. The third-order valence-corrected chi connectivity index (χ3v) is 3.73. The zero-order valence-corrected chi connectivity index (χ0v) is 13.1. The topological polar surface area (TPSA) is 50.3 Å². The van der Waals surface area contributed by atoms with E-state index in [-0.39, 0.29) is 0 Å². The van der Waals surface area contributed by atoms with E-state index < -0.39 is 14.4 Å². The lowest BCUT2D eigenvalue weighted by Crippen LogP contribution is -2.27. The first-order valence-electron chi connectivity index (χ1n) is 5.61. The number of halogens is 1. The van der Waals surface area contributed by atoms with Gasteiger partial charge in [-0.3, -0.25) is 0 Å². The number of fused-ring (bicyclic) bond motifs is 1. The summed E-state index contributed by atoms with van der Waals surface area (Å²) >= 11 is 3.40. The molecule has 2 aromatic rings. The molecule has 0 aromatic carbocycles. The van der Waals surface area contributed by atoms with Crippen LogP contribution < -0.4 is 0 Å². The van der Waals surface area contributed by atoms with Gasteiger partial charge in [0, 0.05) is 16.9 Å². The van der Waals surface area contributed by atoms with Crippen LogP contribution in [0.15, 0.2) is 29.0 Å². The van der Waals surface area contributed by atoms with Crippen LogP contribution in [-0.2, 0) is 4.43 Å². The minimum absolute atomic E-state index is 0.588. The molecular formula is C12H14BrN3OSi. The lowest BCUT2D eigenvalue weighted by atomic mass is 10.3. The van der Waals surface area contributed by atoms with Gasteiger partial charge < -0.3 is 8.83 Å². The van der Waals surface area contributed by atoms with Crippen LogP contribution in [0, 0.1) is 11.3 Å². The van der Waals surface area contributed by atoms with Crippen LogP contribution in [0.4, 0.5) is 0 Å². The molecule has 4 nitrogen and oxygen atoms in total. The fraction of sp³-hybridized carbons (Fsp3) is 0.333. The Morgan fingerprint density at radius 1 is 1.50 bits per heavy atom.